The smallest absolute Gasteiger partial charge is 0.262 e. The van der Waals surface area contributed by atoms with Gasteiger partial charge in [0.15, 0.2) is 17.6 Å². The van der Waals surface area contributed by atoms with E-state index in [2.05, 4.69) is 5.32 Å². The molecule has 0 saturated heterocycles. The van der Waals surface area contributed by atoms with Gasteiger partial charge in [-0.2, -0.15) is 0 Å². The van der Waals surface area contributed by atoms with Gasteiger partial charge in [-0.05, 0) is 27.0 Å². The van der Waals surface area contributed by atoms with Gasteiger partial charge in [0.1, 0.15) is 0 Å². The van der Waals surface area contributed by atoms with Gasteiger partial charge in [-0.15, -0.1) is 0 Å². The van der Waals surface area contributed by atoms with Crippen molar-refractivity contribution in [2.75, 3.05) is 27.7 Å². The lowest BCUT2D eigenvalue weighted by molar-refractivity contribution is -0.135. The summed E-state index contributed by atoms with van der Waals surface area (Å²) in [5.74, 6) is 1.22. The van der Waals surface area contributed by atoms with Crippen LogP contribution < -0.4 is 14.8 Å². The Kier molecular flexibility index (Phi) is 6.31. The Balaban J connectivity index is 3.03. The number of hydrogen-bond donors (Lipinski definition) is 1. The van der Waals surface area contributed by atoms with Crippen molar-refractivity contribution in [1.29, 1.82) is 0 Å². The van der Waals surface area contributed by atoms with Gasteiger partial charge in [0.25, 0.3) is 5.91 Å². The highest BCUT2D eigenvalue weighted by Crippen LogP contribution is 2.32. The standard InChI is InChI=1S/C15H24N2O3/c1-6-19-13-9-7-8-12(10-16-3)14(13)20-11(2)15(18)17(4)5/h7-9,11,16H,6,10H2,1-5H3. The summed E-state index contributed by atoms with van der Waals surface area (Å²) in [5.41, 5.74) is 0.969. The van der Waals surface area contributed by atoms with Crippen LogP contribution in [-0.2, 0) is 11.3 Å². The second-order valence-corrected chi connectivity index (χ2v) is 4.70. The highest BCUT2D eigenvalue weighted by molar-refractivity contribution is 5.80. The molecule has 0 aliphatic carbocycles. The number of nitrogens with one attached hydrogen (secondary N) is 1. The molecule has 1 amide bonds. The van der Waals surface area contributed by atoms with Crippen LogP contribution in [0.3, 0.4) is 0 Å². The minimum atomic E-state index is -0.554. The molecule has 1 atom stereocenters. The normalized spacial score (nSPS) is 11.8. The molecule has 5 heteroatoms. The van der Waals surface area contributed by atoms with Gasteiger partial charge in [-0.3, -0.25) is 4.79 Å². The Morgan fingerprint density at radius 3 is 2.65 bits per heavy atom. The molecule has 5 nitrogen and oxygen atoms in total. The third-order valence-electron chi connectivity index (χ3n) is 2.81. The van der Waals surface area contributed by atoms with E-state index in [4.69, 9.17) is 9.47 Å². The highest BCUT2D eigenvalue weighted by Gasteiger charge is 2.20. The molecular weight excluding hydrogens is 256 g/mol. The van der Waals surface area contributed by atoms with E-state index in [0.717, 1.165) is 5.56 Å². The van der Waals surface area contributed by atoms with Crippen molar-refractivity contribution in [3.63, 3.8) is 0 Å². The maximum Gasteiger partial charge on any atom is 0.262 e. The number of rotatable bonds is 7. The molecule has 0 aromatic heterocycles. The number of ether oxygens (including phenoxy) is 2. The lowest BCUT2D eigenvalue weighted by Gasteiger charge is -2.22. The zero-order valence-corrected chi connectivity index (χ0v) is 12.9. The molecule has 0 bridgehead atoms. The summed E-state index contributed by atoms with van der Waals surface area (Å²) < 4.78 is 11.4. The fourth-order valence-electron chi connectivity index (χ4n) is 1.88. The van der Waals surface area contributed by atoms with Crippen LogP contribution >= 0.6 is 0 Å². The van der Waals surface area contributed by atoms with Crippen molar-refractivity contribution in [2.24, 2.45) is 0 Å². The van der Waals surface area contributed by atoms with E-state index in [9.17, 15) is 4.79 Å². The van der Waals surface area contributed by atoms with Crippen LogP contribution in [0.1, 0.15) is 19.4 Å². The molecule has 0 saturated carbocycles. The molecule has 1 unspecified atom stereocenters. The Labute approximate surface area is 120 Å². The van der Waals surface area contributed by atoms with Crippen LogP contribution in [0.5, 0.6) is 11.5 Å². The predicted octanol–water partition coefficient (Wildman–Crippen LogP) is 1.66. The van der Waals surface area contributed by atoms with Crippen molar-refractivity contribution in [2.45, 2.75) is 26.5 Å². The minimum absolute atomic E-state index is 0.0771. The number of carbonyl (C=O) groups is 1. The van der Waals surface area contributed by atoms with Gasteiger partial charge in [0, 0.05) is 26.2 Å². The molecule has 0 fully saturated rings. The summed E-state index contributed by atoms with van der Waals surface area (Å²) in [6, 6.07) is 5.73. The van der Waals surface area contributed by atoms with E-state index in [1.165, 1.54) is 4.90 Å². The summed E-state index contributed by atoms with van der Waals surface area (Å²) in [6.45, 7) is 4.87. The van der Waals surface area contributed by atoms with E-state index < -0.39 is 6.10 Å². The van der Waals surface area contributed by atoms with Crippen LogP contribution in [-0.4, -0.2) is 44.7 Å². The first-order valence-electron chi connectivity index (χ1n) is 6.78. The van der Waals surface area contributed by atoms with Gasteiger partial charge in [0.05, 0.1) is 6.61 Å². The molecule has 1 rings (SSSR count). The number of nitrogens with zero attached hydrogens (tertiary/aromatic N) is 1. The first kappa shape index (κ1) is 16.3. The van der Waals surface area contributed by atoms with Gasteiger partial charge in [-0.1, -0.05) is 12.1 Å². The molecule has 0 radical (unpaired) electrons. The Hall–Kier alpha value is -1.75. The average molecular weight is 280 g/mol. The summed E-state index contributed by atoms with van der Waals surface area (Å²) in [4.78, 5) is 13.4. The quantitative estimate of drug-likeness (QED) is 0.825. The van der Waals surface area contributed by atoms with E-state index in [0.29, 0.717) is 24.7 Å². The van der Waals surface area contributed by atoms with Gasteiger partial charge < -0.3 is 19.7 Å². The molecule has 0 aliphatic rings. The zero-order valence-electron chi connectivity index (χ0n) is 12.9. The lowest BCUT2D eigenvalue weighted by atomic mass is 10.1. The molecule has 1 N–H and O–H groups in total. The maximum atomic E-state index is 11.9. The number of para-hydroxylation sites is 1. The molecule has 0 heterocycles. The number of hydrogen-bond acceptors (Lipinski definition) is 4. The predicted molar refractivity (Wildman–Crippen MR) is 79.2 cm³/mol. The molecule has 20 heavy (non-hydrogen) atoms. The third-order valence-corrected chi connectivity index (χ3v) is 2.81. The second-order valence-electron chi connectivity index (χ2n) is 4.70. The van der Waals surface area contributed by atoms with Crippen LogP contribution in [0.2, 0.25) is 0 Å². The van der Waals surface area contributed by atoms with E-state index in [1.54, 1.807) is 21.0 Å². The van der Waals surface area contributed by atoms with Gasteiger partial charge >= 0.3 is 0 Å². The van der Waals surface area contributed by atoms with Crippen LogP contribution in [0.15, 0.2) is 18.2 Å². The maximum absolute atomic E-state index is 11.9. The summed E-state index contributed by atoms with van der Waals surface area (Å²) >= 11 is 0. The Morgan fingerprint density at radius 1 is 1.40 bits per heavy atom. The van der Waals surface area contributed by atoms with Crippen molar-refractivity contribution in [3.05, 3.63) is 23.8 Å². The molecule has 0 aliphatic heterocycles. The average Bonchev–Trinajstić information content (AvgIpc) is 2.41. The van der Waals surface area contributed by atoms with E-state index >= 15 is 0 Å². The lowest BCUT2D eigenvalue weighted by Crippen LogP contribution is -2.35. The monoisotopic (exact) mass is 280 g/mol. The molecule has 0 spiro atoms. The summed E-state index contributed by atoms with van der Waals surface area (Å²) in [6.07, 6.45) is -0.554. The van der Waals surface area contributed by atoms with Crippen molar-refractivity contribution in [3.8, 4) is 11.5 Å². The fraction of sp³-hybridized carbons (Fsp3) is 0.533. The SMILES string of the molecule is CCOc1cccc(CNC)c1OC(C)C(=O)N(C)C. The van der Waals surface area contributed by atoms with Crippen LogP contribution in [0.25, 0.3) is 0 Å². The topological polar surface area (TPSA) is 50.8 Å². The van der Waals surface area contributed by atoms with E-state index in [1.807, 2.05) is 32.2 Å². The van der Waals surface area contributed by atoms with Crippen molar-refractivity contribution >= 4 is 5.91 Å². The van der Waals surface area contributed by atoms with Crippen molar-refractivity contribution < 1.29 is 14.3 Å². The molecule has 1 aromatic carbocycles. The van der Waals surface area contributed by atoms with Crippen LogP contribution in [0, 0.1) is 0 Å². The molecular formula is C15H24N2O3. The van der Waals surface area contributed by atoms with Crippen LogP contribution in [0.4, 0.5) is 0 Å². The summed E-state index contributed by atoms with van der Waals surface area (Å²) in [5, 5.41) is 3.09. The van der Waals surface area contributed by atoms with E-state index in [-0.39, 0.29) is 5.91 Å². The van der Waals surface area contributed by atoms with Gasteiger partial charge in [0.2, 0.25) is 0 Å². The largest absolute Gasteiger partial charge is 0.490 e. The first-order valence-corrected chi connectivity index (χ1v) is 6.78. The molecule has 112 valence electrons. The Morgan fingerprint density at radius 2 is 2.10 bits per heavy atom. The number of carbonyl (C=O) groups excluding carboxylic acids is 1. The minimum Gasteiger partial charge on any atom is -0.490 e. The fourth-order valence-corrected chi connectivity index (χ4v) is 1.88. The van der Waals surface area contributed by atoms with Gasteiger partial charge in [-0.25, -0.2) is 0 Å². The number of benzene rings is 1. The summed E-state index contributed by atoms with van der Waals surface area (Å²) in [7, 11) is 5.29. The highest BCUT2D eigenvalue weighted by atomic mass is 16.5. The van der Waals surface area contributed by atoms with Crippen molar-refractivity contribution in [1.82, 2.24) is 10.2 Å². The third kappa shape index (κ3) is 4.13. The second kappa shape index (κ2) is 7.75. The zero-order chi connectivity index (χ0) is 15.1. The Bertz CT molecular complexity index is 422. The first-order chi connectivity index (χ1) is 9.51. The molecule has 1 aromatic rings. The number of likely N-dealkylation sites (N-methyl/N-ethyl adjacent to an activating group) is 1. The number of amides is 1.